The van der Waals surface area contributed by atoms with Gasteiger partial charge in [0, 0.05) is 12.6 Å². The molecule has 2 aromatic carbocycles. The molecule has 1 saturated carbocycles. The molecule has 3 atom stereocenters. The molecule has 1 unspecified atom stereocenters. The maximum atomic E-state index is 15.0. The molecule has 0 bridgehead atoms. The predicted octanol–water partition coefficient (Wildman–Crippen LogP) is 1.76. The molecule has 0 radical (unpaired) electrons. The summed E-state index contributed by atoms with van der Waals surface area (Å²) >= 11 is 0. The number of benzene rings is 2. The minimum absolute atomic E-state index is 0.0259. The van der Waals surface area contributed by atoms with Gasteiger partial charge in [-0.15, -0.1) is 0 Å². The molecule has 31 heavy (non-hydrogen) atoms. The molecular formula is C23H27FN2O4S. The summed E-state index contributed by atoms with van der Waals surface area (Å²) in [5, 5.41) is 11.4. The number of nitrogens with two attached hydrogens (primary N) is 1. The van der Waals surface area contributed by atoms with Crippen molar-refractivity contribution < 1.29 is 22.7 Å². The lowest BCUT2D eigenvalue weighted by Gasteiger charge is -2.43. The van der Waals surface area contributed by atoms with Crippen molar-refractivity contribution in [3.63, 3.8) is 0 Å². The summed E-state index contributed by atoms with van der Waals surface area (Å²) in [5.74, 6) is -1.16. The molecule has 1 heterocycles. The zero-order valence-corrected chi connectivity index (χ0v) is 18.1. The van der Waals surface area contributed by atoms with Gasteiger partial charge in [0.25, 0.3) is 0 Å². The molecular weight excluding hydrogens is 419 g/mol. The minimum atomic E-state index is -3.57. The van der Waals surface area contributed by atoms with Gasteiger partial charge in [0.1, 0.15) is 5.82 Å². The second kappa shape index (κ2) is 8.00. The van der Waals surface area contributed by atoms with Crippen molar-refractivity contribution >= 4 is 15.7 Å². The molecule has 6 nitrogen and oxygen atoms in total. The van der Waals surface area contributed by atoms with E-state index >= 15 is 4.39 Å². The number of rotatable bonds is 5. The molecule has 0 aromatic heterocycles. The summed E-state index contributed by atoms with van der Waals surface area (Å²) in [7, 11) is -3.57. The molecule has 4 rings (SSSR count). The molecule has 1 aliphatic carbocycles. The zero-order valence-electron chi connectivity index (χ0n) is 17.3. The second-order valence-corrected chi connectivity index (χ2v) is 11.1. The Kier molecular flexibility index (Phi) is 5.66. The number of aliphatic hydroxyl groups is 1. The second-order valence-electron chi connectivity index (χ2n) is 8.74. The normalized spacial score (nSPS) is 32.2. The molecule has 8 heteroatoms. The highest BCUT2D eigenvalue weighted by Crippen LogP contribution is 2.44. The monoisotopic (exact) mass is 446 g/mol. The number of nitrogens with one attached hydrogen (secondary N) is 1. The summed E-state index contributed by atoms with van der Waals surface area (Å²) in [4.78, 5) is 12.0. The van der Waals surface area contributed by atoms with Crippen LogP contribution in [0.2, 0.25) is 0 Å². The van der Waals surface area contributed by atoms with E-state index in [4.69, 9.17) is 5.73 Å². The topological polar surface area (TPSA) is 109 Å². The van der Waals surface area contributed by atoms with Crippen LogP contribution in [0.5, 0.6) is 0 Å². The van der Waals surface area contributed by atoms with E-state index in [1.807, 2.05) is 18.2 Å². The van der Waals surface area contributed by atoms with Crippen molar-refractivity contribution in [2.75, 3.05) is 6.54 Å². The third-order valence-corrected chi connectivity index (χ3v) is 9.49. The van der Waals surface area contributed by atoms with Gasteiger partial charge in [-0.3, -0.25) is 4.79 Å². The molecule has 1 saturated heterocycles. The fourth-order valence-corrected chi connectivity index (χ4v) is 7.22. The number of hydrogen-bond donors (Lipinski definition) is 3. The Labute approximate surface area is 181 Å². The van der Waals surface area contributed by atoms with Crippen molar-refractivity contribution in [3.8, 4) is 0 Å². The van der Waals surface area contributed by atoms with E-state index < -0.39 is 43.6 Å². The lowest BCUT2D eigenvalue weighted by atomic mass is 9.62. The fraction of sp³-hybridized carbons (Fsp3) is 0.435. The summed E-state index contributed by atoms with van der Waals surface area (Å²) in [6.45, 7) is 2.11. The highest BCUT2D eigenvalue weighted by Gasteiger charge is 2.50. The van der Waals surface area contributed by atoms with Crippen LogP contribution in [0.3, 0.4) is 0 Å². The van der Waals surface area contributed by atoms with E-state index in [0.29, 0.717) is 12.1 Å². The van der Waals surface area contributed by atoms with Crippen molar-refractivity contribution in [3.05, 3.63) is 71.0 Å². The first-order chi connectivity index (χ1) is 14.6. The average Bonchev–Trinajstić information content (AvgIpc) is 2.69. The predicted molar refractivity (Wildman–Crippen MR) is 116 cm³/mol. The number of halogens is 1. The SMILES string of the molecule is C[C@@H]1NC[C@@H](c2ccccc2)S(=O)(=O)C1Cc1ccc(C2(C(N)=O)CC(O)C2)cc1F. The van der Waals surface area contributed by atoms with Gasteiger partial charge >= 0.3 is 0 Å². The molecule has 1 amide bonds. The van der Waals surface area contributed by atoms with Gasteiger partial charge in [-0.05, 0) is 48.9 Å². The van der Waals surface area contributed by atoms with E-state index in [1.165, 1.54) is 12.1 Å². The Morgan fingerprint density at radius 3 is 2.48 bits per heavy atom. The molecule has 1 aliphatic heterocycles. The highest BCUT2D eigenvalue weighted by atomic mass is 32.2. The molecule has 2 aliphatic rings. The summed E-state index contributed by atoms with van der Waals surface area (Å²) in [6.07, 6.45) is -0.280. The van der Waals surface area contributed by atoms with Gasteiger partial charge in [0.05, 0.1) is 22.0 Å². The van der Waals surface area contributed by atoms with Crippen LogP contribution in [0, 0.1) is 5.82 Å². The molecule has 4 N–H and O–H groups in total. The highest BCUT2D eigenvalue weighted by molar-refractivity contribution is 7.92. The van der Waals surface area contributed by atoms with Crippen LogP contribution in [0.25, 0.3) is 0 Å². The van der Waals surface area contributed by atoms with Crippen molar-refractivity contribution in [1.29, 1.82) is 0 Å². The van der Waals surface area contributed by atoms with Crippen LogP contribution < -0.4 is 11.1 Å². The molecule has 2 fully saturated rings. The Morgan fingerprint density at radius 2 is 1.90 bits per heavy atom. The maximum Gasteiger partial charge on any atom is 0.228 e. The Hall–Kier alpha value is -2.29. The van der Waals surface area contributed by atoms with Crippen molar-refractivity contribution in [1.82, 2.24) is 5.32 Å². The third-order valence-electron chi connectivity index (χ3n) is 6.84. The Bertz CT molecular complexity index is 1080. The number of amides is 1. The first-order valence-electron chi connectivity index (χ1n) is 10.4. The standard InChI is InChI=1S/C23H27FN2O4S/c1-14-20(31(29,30)21(13-26-14)15-5-3-2-4-6-15)9-16-7-8-17(10-19(16)24)23(22(25)28)11-18(27)12-23/h2-8,10,14,18,20-21,26-27H,9,11-13H2,1H3,(H2,25,28)/t14-,18?,20?,21-,23?/m0/s1. The number of carbonyl (C=O) groups is 1. The molecule has 166 valence electrons. The van der Waals surface area contributed by atoms with Gasteiger partial charge in [0.15, 0.2) is 9.84 Å². The largest absolute Gasteiger partial charge is 0.393 e. The van der Waals surface area contributed by atoms with Gasteiger partial charge in [-0.1, -0.05) is 42.5 Å². The van der Waals surface area contributed by atoms with Crippen molar-refractivity contribution in [2.24, 2.45) is 5.73 Å². The van der Waals surface area contributed by atoms with Crippen LogP contribution in [-0.2, 0) is 26.5 Å². The lowest BCUT2D eigenvalue weighted by Crippen LogP contribution is -2.53. The number of hydrogen-bond acceptors (Lipinski definition) is 5. The number of primary amides is 1. The Morgan fingerprint density at radius 1 is 1.23 bits per heavy atom. The van der Waals surface area contributed by atoms with Crippen LogP contribution in [0.4, 0.5) is 4.39 Å². The Balaban J connectivity index is 1.61. The number of sulfone groups is 1. The van der Waals surface area contributed by atoms with E-state index in [9.17, 15) is 18.3 Å². The third kappa shape index (κ3) is 3.77. The van der Waals surface area contributed by atoms with Crippen LogP contribution in [0.1, 0.15) is 41.7 Å². The lowest BCUT2D eigenvalue weighted by molar-refractivity contribution is -0.131. The molecule has 0 spiro atoms. The summed E-state index contributed by atoms with van der Waals surface area (Å²) < 4.78 is 41.8. The first-order valence-corrected chi connectivity index (χ1v) is 12.0. The maximum absolute atomic E-state index is 15.0. The summed E-state index contributed by atoms with van der Waals surface area (Å²) in [6, 6.07) is 13.1. The quantitative estimate of drug-likeness (QED) is 0.649. The first kappa shape index (κ1) is 21.9. The van der Waals surface area contributed by atoms with Crippen LogP contribution in [0.15, 0.2) is 48.5 Å². The van der Waals surface area contributed by atoms with Crippen molar-refractivity contribution in [2.45, 2.75) is 54.2 Å². The van der Waals surface area contributed by atoms with Crippen LogP contribution >= 0.6 is 0 Å². The van der Waals surface area contributed by atoms with E-state index in [-0.39, 0.29) is 30.9 Å². The molecule has 2 aromatic rings. The van der Waals surface area contributed by atoms with E-state index in [0.717, 1.165) is 5.56 Å². The fourth-order valence-electron chi connectivity index (χ4n) is 4.86. The smallest absolute Gasteiger partial charge is 0.228 e. The van der Waals surface area contributed by atoms with Gasteiger partial charge in [0.2, 0.25) is 5.91 Å². The van der Waals surface area contributed by atoms with Gasteiger partial charge in [-0.25, -0.2) is 12.8 Å². The zero-order chi connectivity index (χ0) is 22.4. The van der Waals surface area contributed by atoms with Gasteiger partial charge in [-0.2, -0.15) is 0 Å². The summed E-state index contributed by atoms with van der Waals surface area (Å²) in [5.41, 5.74) is 5.88. The van der Waals surface area contributed by atoms with E-state index in [1.54, 1.807) is 25.1 Å². The number of aliphatic hydroxyl groups excluding tert-OH is 1. The van der Waals surface area contributed by atoms with E-state index in [2.05, 4.69) is 5.32 Å². The number of carbonyl (C=O) groups excluding carboxylic acids is 1. The van der Waals surface area contributed by atoms with Gasteiger partial charge < -0.3 is 16.2 Å². The average molecular weight is 447 g/mol. The minimum Gasteiger partial charge on any atom is -0.393 e. The van der Waals surface area contributed by atoms with Crippen LogP contribution in [-0.4, -0.2) is 43.4 Å².